The highest BCUT2D eigenvalue weighted by Crippen LogP contribution is 2.24. The Labute approximate surface area is 179 Å². The number of rotatable bonds is 10. The fraction of sp³-hybridized carbons (Fsp3) is 0.524. The Balaban J connectivity index is 2.00. The zero-order valence-electron chi connectivity index (χ0n) is 18.0. The molecule has 0 radical (unpaired) electrons. The zero-order valence-corrected chi connectivity index (χ0v) is 18.8. The van der Waals surface area contributed by atoms with Gasteiger partial charge in [-0.15, -0.1) is 0 Å². The molecule has 0 saturated carbocycles. The van der Waals surface area contributed by atoms with Crippen molar-refractivity contribution in [3.63, 3.8) is 0 Å². The van der Waals surface area contributed by atoms with Crippen LogP contribution in [0.25, 0.3) is 0 Å². The number of likely N-dealkylation sites (N-methyl/N-ethyl adjacent to an activating group) is 1. The summed E-state index contributed by atoms with van der Waals surface area (Å²) in [6, 6.07) is 7.70. The molecule has 2 aromatic rings. The van der Waals surface area contributed by atoms with E-state index in [0.29, 0.717) is 23.9 Å². The van der Waals surface area contributed by atoms with Crippen molar-refractivity contribution in [1.82, 2.24) is 25.3 Å². The molecule has 2 unspecified atom stereocenters. The fourth-order valence-corrected chi connectivity index (χ4v) is 3.08. The first-order chi connectivity index (χ1) is 13.9. The van der Waals surface area contributed by atoms with Crippen molar-refractivity contribution in [3.8, 4) is 5.75 Å². The molecule has 0 spiro atoms. The molecule has 0 aliphatic carbocycles. The van der Waals surface area contributed by atoms with E-state index in [1.54, 1.807) is 0 Å². The Morgan fingerprint density at radius 1 is 1.28 bits per heavy atom. The number of benzene rings is 1. The second-order valence-electron chi connectivity index (χ2n) is 7.11. The van der Waals surface area contributed by atoms with Crippen molar-refractivity contribution < 1.29 is 4.74 Å². The number of aliphatic imine (C=N–C) groups is 1. The maximum atomic E-state index is 6.22. The monoisotopic (exact) mass is 420 g/mol. The highest BCUT2D eigenvalue weighted by Gasteiger charge is 2.16. The number of hydrogen-bond acceptors (Lipinski definition) is 4. The summed E-state index contributed by atoms with van der Waals surface area (Å²) in [6.07, 6.45) is 4.77. The van der Waals surface area contributed by atoms with E-state index >= 15 is 0 Å². The molecule has 0 aliphatic rings. The topological polar surface area (TPSA) is 66.7 Å². The SMILES string of the molecule is CCNC(=NCC(c1cnn(C)c1)N(C)C)NCC(CC)Oc1ccccc1Cl. The second kappa shape index (κ2) is 11.7. The quantitative estimate of drug-likeness (QED) is 0.456. The van der Waals surface area contributed by atoms with Gasteiger partial charge in [0.15, 0.2) is 5.96 Å². The summed E-state index contributed by atoms with van der Waals surface area (Å²) in [5.41, 5.74) is 1.14. The number of aromatic nitrogens is 2. The first-order valence-electron chi connectivity index (χ1n) is 10.0. The van der Waals surface area contributed by atoms with E-state index in [-0.39, 0.29) is 12.1 Å². The van der Waals surface area contributed by atoms with Crippen molar-refractivity contribution in [2.45, 2.75) is 32.4 Å². The van der Waals surface area contributed by atoms with E-state index in [1.165, 1.54) is 0 Å². The first kappa shape index (κ1) is 23.0. The van der Waals surface area contributed by atoms with Gasteiger partial charge in [-0.2, -0.15) is 5.10 Å². The van der Waals surface area contributed by atoms with Gasteiger partial charge in [-0.05, 0) is 39.6 Å². The van der Waals surface area contributed by atoms with E-state index in [1.807, 2.05) is 48.4 Å². The van der Waals surface area contributed by atoms with Gasteiger partial charge in [0.05, 0.1) is 30.4 Å². The highest BCUT2D eigenvalue weighted by atomic mass is 35.5. The molecule has 7 nitrogen and oxygen atoms in total. The molecule has 1 aromatic heterocycles. The van der Waals surface area contributed by atoms with E-state index in [2.05, 4.69) is 48.6 Å². The van der Waals surface area contributed by atoms with E-state index in [9.17, 15) is 0 Å². The molecule has 1 heterocycles. The molecule has 29 heavy (non-hydrogen) atoms. The van der Waals surface area contributed by atoms with Crippen LogP contribution in [0.4, 0.5) is 0 Å². The van der Waals surface area contributed by atoms with E-state index in [4.69, 9.17) is 21.3 Å². The number of guanidine groups is 1. The molecule has 0 bridgehead atoms. The summed E-state index contributed by atoms with van der Waals surface area (Å²) in [5, 5.41) is 11.6. The van der Waals surface area contributed by atoms with Gasteiger partial charge in [0, 0.05) is 25.4 Å². The third kappa shape index (κ3) is 7.25. The number of hydrogen-bond donors (Lipinski definition) is 2. The molecule has 2 N–H and O–H groups in total. The number of nitrogens with one attached hydrogen (secondary N) is 2. The van der Waals surface area contributed by atoms with Crippen molar-refractivity contribution in [1.29, 1.82) is 0 Å². The van der Waals surface area contributed by atoms with Crippen LogP contribution in [0, 0.1) is 0 Å². The van der Waals surface area contributed by atoms with Crippen LogP contribution < -0.4 is 15.4 Å². The van der Waals surface area contributed by atoms with Crippen LogP contribution in [-0.4, -0.2) is 60.5 Å². The Hall–Kier alpha value is -2.25. The van der Waals surface area contributed by atoms with Gasteiger partial charge in [-0.1, -0.05) is 30.7 Å². The molecular weight excluding hydrogens is 388 g/mol. The van der Waals surface area contributed by atoms with Crippen molar-refractivity contribution in [2.24, 2.45) is 12.0 Å². The van der Waals surface area contributed by atoms with Crippen molar-refractivity contribution in [3.05, 3.63) is 47.2 Å². The first-order valence-corrected chi connectivity index (χ1v) is 10.4. The lowest BCUT2D eigenvalue weighted by Crippen LogP contribution is -2.43. The molecule has 2 rings (SSSR count). The number of aryl methyl sites for hydroxylation is 1. The minimum Gasteiger partial charge on any atom is -0.487 e. The number of nitrogens with zero attached hydrogens (tertiary/aromatic N) is 4. The number of halogens is 1. The zero-order chi connectivity index (χ0) is 21.2. The van der Waals surface area contributed by atoms with Crippen molar-refractivity contribution in [2.75, 3.05) is 33.7 Å². The summed E-state index contributed by atoms with van der Waals surface area (Å²) >= 11 is 6.22. The van der Waals surface area contributed by atoms with Gasteiger partial charge in [-0.3, -0.25) is 9.67 Å². The smallest absolute Gasteiger partial charge is 0.191 e. The average Bonchev–Trinajstić information content (AvgIpc) is 3.12. The molecule has 1 aromatic carbocycles. The standard InChI is InChI=1S/C21H33ClN6O/c1-6-17(29-20-11-9-8-10-18(20)22)13-24-21(23-7-2)25-14-19(27(3)4)16-12-26-28(5)15-16/h8-12,15,17,19H,6-7,13-14H2,1-5H3,(H2,23,24,25). The fourth-order valence-electron chi connectivity index (χ4n) is 2.90. The third-order valence-electron chi connectivity index (χ3n) is 4.58. The molecular formula is C21H33ClN6O. The van der Waals surface area contributed by atoms with Gasteiger partial charge in [-0.25, -0.2) is 0 Å². The van der Waals surface area contributed by atoms with Crippen LogP contribution in [0.2, 0.25) is 5.02 Å². The lowest BCUT2D eigenvalue weighted by atomic mass is 10.1. The normalized spacial score (nSPS) is 14.0. The Morgan fingerprint density at radius 2 is 2.03 bits per heavy atom. The molecule has 0 fully saturated rings. The Bertz CT molecular complexity index is 776. The van der Waals surface area contributed by atoms with Gasteiger partial charge < -0.3 is 20.3 Å². The largest absolute Gasteiger partial charge is 0.487 e. The van der Waals surface area contributed by atoms with Crippen molar-refractivity contribution >= 4 is 17.6 Å². The molecule has 0 amide bonds. The highest BCUT2D eigenvalue weighted by molar-refractivity contribution is 6.32. The number of para-hydroxylation sites is 1. The van der Waals surface area contributed by atoms with Crippen LogP contribution in [0.3, 0.4) is 0 Å². The summed E-state index contributed by atoms with van der Waals surface area (Å²) in [4.78, 5) is 6.94. The van der Waals surface area contributed by atoms with Gasteiger partial charge in [0.2, 0.25) is 0 Å². The minimum absolute atomic E-state index is 0.0123. The van der Waals surface area contributed by atoms with Crippen LogP contribution >= 0.6 is 11.6 Å². The molecule has 8 heteroatoms. The third-order valence-corrected chi connectivity index (χ3v) is 4.89. The van der Waals surface area contributed by atoms with Crippen LogP contribution in [0.5, 0.6) is 5.75 Å². The Kier molecular flexibility index (Phi) is 9.28. The Morgan fingerprint density at radius 3 is 2.62 bits per heavy atom. The summed E-state index contributed by atoms with van der Waals surface area (Å²) in [7, 11) is 6.03. The maximum absolute atomic E-state index is 6.22. The maximum Gasteiger partial charge on any atom is 0.191 e. The van der Waals surface area contributed by atoms with Gasteiger partial charge in [0.1, 0.15) is 11.9 Å². The molecule has 160 valence electrons. The van der Waals surface area contributed by atoms with Gasteiger partial charge in [0.25, 0.3) is 0 Å². The van der Waals surface area contributed by atoms with Crippen LogP contribution in [-0.2, 0) is 7.05 Å². The van der Waals surface area contributed by atoms with Gasteiger partial charge >= 0.3 is 0 Å². The predicted molar refractivity (Wildman–Crippen MR) is 120 cm³/mol. The van der Waals surface area contributed by atoms with Crippen LogP contribution in [0.15, 0.2) is 41.7 Å². The van der Waals surface area contributed by atoms with Crippen LogP contribution in [0.1, 0.15) is 31.9 Å². The lowest BCUT2D eigenvalue weighted by Gasteiger charge is -2.23. The lowest BCUT2D eigenvalue weighted by molar-refractivity contribution is 0.199. The average molecular weight is 421 g/mol. The molecule has 0 saturated heterocycles. The molecule has 2 atom stereocenters. The minimum atomic E-state index is -0.0123. The summed E-state index contributed by atoms with van der Waals surface area (Å²) in [5.74, 6) is 1.47. The summed E-state index contributed by atoms with van der Waals surface area (Å²) < 4.78 is 7.88. The van der Waals surface area contributed by atoms with E-state index < -0.39 is 0 Å². The predicted octanol–water partition coefficient (Wildman–Crippen LogP) is 3.09. The summed E-state index contributed by atoms with van der Waals surface area (Å²) in [6.45, 7) is 6.19. The van der Waals surface area contributed by atoms with E-state index in [0.717, 1.165) is 24.5 Å². The second-order valence-corrected chi connectivity index (χ2v) is 7.51. The number of ether oxygens (including phenoxy) is 1. The molecule has 0 aliphatic heterocycles.